The van der Waals surface area contributed by atoms with E-state index < -0.39 is 5.82 Å². The number of nitriles is 1. The molecule has 0 bridgehead atoms. The molecule has 4 nitrogen and oxygen atoms in total. The van der Waals surface area contributed by atoms with Crippen molar-refractivity contribution in [2.24, 2.45) is 0 Å². The first kappa shape index (κ1) is 12.8. The van der Waals surface area contributed by atoms with Gasteiger partial charge in [-0.2, -0.15) is 5.26 Å². The molecule has 0 unspecified atom stereocenters. The number of nitrogens with zero attached hydrogens (tertiary/aromatic N) is 2. The summed E-state index contributed by atoms with van der Waals surface area (Å²) in [5.74, 6) is -0.00884. The molecule has 0 spiro atoms. The zero-order chi connectivity index (χ0) is 13.7. The second-order valence-corrected chi connectivity index (χ2v) is 3.75. The average molecular weight is 257 g/mol. The van der Waals surface area contributed by atoms with Crippen molar-refractivity contribution in [3.05, 3.63) is 47.9 Å². The van der Waals surface area contributed by atoms with Gasteiger partial charge in [0.15, 0.2) is 0 Å². The quantitative estimate of drug-likeness (QED) is 0.913. The lowest BCUT2D eigenvalue weighted by Crippen LogP contribution is -1.96. The molecule has 5 heteroatoms. The number of ether oxygens (including phenoxy) is 1. The second-order valence-electron chi connectivity index (χ2n) is 3.75. The van der Waals surface area contributed by atoms with Gasteiger partial charge in [0.25, 0.3) is 0 Å². The van der Waals surface area contributed by atoms with Gasteiger partial charge in [-0.3, -0.25) is 0 Å². The standard InChI is InChI=1S/C14H12FN3O/c1-2-19-14-6-5-12(9-17-14)18-11-4-3-10(8-16)13(15)7-11/h3-7,9,18H,2H2,1H3. The summed E-state index contributed by atoms with van der Waals surface area (Å²) < 4.78 is 18.6. The van der Waals surface area contributed by atoms with Gasteiger partial charge in [0, 0.05) is 11.8 Å². The molecule has 2 aromatic rings. The Hall–Kier alpha value is -2.61. The van der Waals surface area contributed by atoms with Crippen molar-refractivity contribution in [2.45, 2.75) is 6.92 Å². The lowest BCUT2D eigenvalue weighted by Gasteiger charge is -2.07. The molecule has 96 valence electrons. The van der Waals surface area contributed by atoms with Gasteiger partial charge in [0.2, 0.25) is 5.88 Å². The molecular weight excluding hydrogens is 245 g/mol. The fourth-order valence-electron chi connectivity index (χ4n) is 1.54. The third-order valence-electron chi connectivity index (χ3n) is 2.41. The second kappa shape index (κ2) is 5.83. The average Bonchev–Trinajstić information content (AvgIpc) is 2.42. The molecule has 19 heavy (non-hydrogen) atoms. The van der Waals surface area contributed by atoms with Crippen LogP contribution in [-0.2, 0) is 0 Å². The predicted molar refractivity (Wildman–Crippen MR) is 69.8 cm³/mol. The molecule has 1 N–H and O–H groups in total. The number of halogens is 1. The smallest absolute Gasteiger partial charge is 0.213 e. The number of nitrogens with one attached hydrogen (secondary N) is 1. The molecule has 1 aromatic carbocycles. The molecule has 0 fully saturated rings. The summed E-state index contributed by atoms with van der Waals surface area (Å²) in [5.41, 5.74) is 1.30. The topological polar surface area (TPSA) is 57.9 Å². The van der Waals surface area contributed by atoms with Crippen molar-refractivity contribution >= 4 is 11.4 Å². The van der Waals surface area contributed by atoms with E-state index in [4.69, 9.17) is 10.00 Å². The minimum absolute atomic E-state index is 0.0235. The van der Waals surface area contributed by atoms with Gasteiger partial charge in [0.1, 0.15) is 11.9 Å². The molecule has 0 saturated heterocycles. The van der Waals surface area contributed by atoms with Gasteiger partial charge in [-0.1, -0.05) is 0 Å². The first-order chi connectivity index (χ1) is 9.22. The Morgan fingerprint density at radius 2 is 2.11 bits per heavy atom. The first-order valence-corrected chi connectivity index (χ1v) is 5.78. The predicted octanol–water partition coefficient (Wildman–Crippen LogP) is 3.23. The number of benzene rings is 1. The lowest BCUT2D eigenvalue weighted by atomic mass is 10.2. The van der Waals surface area contributed by atoms with E-state index in [1.165, 1.54) is 12.1 Å². The van der Waals surface area contributed by atoms with Crippen molar-refractivity contribution in [3.8, 4) is 11.9 Å². The van der Waals surface area contributed by atoms with Gasteiger partial charge >= 0.3 is 0 Å². The summed E-state index contributed by atoms with van der Waals surface area (Å²) in [6.45, 7) is 2.44. The van der Waals surface area contributed by atoms with Gasteiger partial charge in [-0.25, -0.2) is 9.37 Å². The van der Waals surface area contributed by atoms with E-state index >= 15 is 0 Å². The van der Waals surface area contributed by atoms with Crippen LogP contribution >= 0.6 is 0 Å². The third-order valence-corrected chi connectivity index (χ3v) is 2.41. The van der Waals surface area contributed by atoms with E-state index in [0.717, 1.165) is 0 Å². The summed E-state index contributed by atoms with van der Waals surface area (Å²) in [6.07, 6.45) is 1.60. The van der Waals surface area contributed by atoms with E-state index in [2.05, 4.69) is 10.3 Å². The molecule has 1 aromatic heterocycles. The van der Waals surface area contributed by atoms with E-state index in [-0.39, 0.29) is 5.56 Å². The van der Waals surface area contributed by atoms with Gasteiger partial charge in [0.05, 0.1) is 24.1 Å². The number of hydrogen-bond acceptors (Lipinski definition) is 4. The molecule has 0 aliphatic heterocycles. The van der Waals surface area contributed by atoms with E-state index in [0.29, 0.717) is 23.9 Å². The van der Waals surface area contributed by atoms with Crippen LogP contribution in [0.2, 0.25) is 0 Å². The lowest BCUT2D eigenvalue weighted by molar-refractivity contribution is 0.327. The first-order valence-electron chi connectivity index (χ1n) is 5.78. The van der Waals surface area contributed by atoms with E-state index in [1.54, 1.807) is 30.5 Å². The Balaban J connectivity index is 2.13. The highest BCUT2D eigenvalue weighted by molar-refractivity contribution is 5.60. The van der Waals surface area contributed by atoms with Crippen LogP contribution in [0, 0.1) is 17.1 Å². The molecule has 0 amide bonds. The number of pyridine rings is 1. The van der Waals surface area contributed by atoms with Crippen LogP contribution in [0.25, 0.3) is 0 Å². The van der Waals surface area contributed by atoms with E-state index in [9.17, 15) is 4.39 Å². The molecular formula is C14H12FN3O. The van der Waals surface area contributed by atoms with Crippen LogP contribution in [0.5, 0.6) is 5.88 Å². The Labute approximate surface area is 110 Å². The molecule has 0 atom stereocenters. The normalized spacial score (nSPS) is 9.74. The molecule has 1 heterocycles. The SMILES string of the molecule is CCOc1ccc(Nc2ccc(C#N)c(F)c2)cn1. The Morgan fingerprint density at radius 3 is 2.68 bits per heavy atom. The third kappa shape index (κ3) is 3.19. The molecule has 2 rings (SSSR count). The minimum Gasteiger partial charge on any atom is -0.478 e. The Bertz CT molecular complexity index is 605. The number of rotatable bonds is 4. The van der Waals surface area contributed by atoms with Crippen LogP contribution in [0.1, 0.15) is 12.5 Å². The zero-order valence-electron chi connectivity index (χ0n) is 10.4. The van der Waals surface area contributed by atoms with Gasteiger partial charge < -0.3 is 10.1 Å². The molecule has 0 saturated carbocycles. The van der Waals surface area contributed by atoms with Crippen molar-refractivity contribution in [2.75, 3.05) is 11.9 Å². The van der Waals surface area contributed by atoms with Crippen LogP contribution in [0.3, 0.4) is 0 Å². The maximum atomic E-state index is 13.4. The summed E-state index contributed by atoms with van der Waals surface area (Å²) in [5, 5.41) is 11.6. The van der Waals surface area contributed by atoms with Crippen molar-refractivity contribution < 1.29 is 9.13 Å². The van der Waals surface area contributed by atoms with Crippen molar-refractivity contribution in [1.29, 1.82) is 5.26 Å². The van der Waals surface area contributed by atoms with Gasteiger partial charge in [-0.05, 0) is 31.2 Å². The zero-order valence-corrected chi connectivity index (χ0v) is 10.4. The van der Waals surface area contributed by atoms with Crippen LogP contribution in [0.15, 0.2) is 36.5 Å². The molecule has 0 aliphatic rings. The maximum Gasteiger partial charge on any atom is 0.213 e. The van der Waals surface area contributed by atoms with Crippen LogP contribution in [-0.4, -0.2) is 11.6 Å². The summed E-state index contributed by atoms with van der Waals surface area (Å²) in [4.78, 5) is 4.09. The highest BCUT2D eigenvalue weighted by atomic mass is 19.1. The van der Waals surface area contributed by atoms with Crippen LogP contribution < -0.4 is 10.1 Å². The van der Waals surface area contributed by atoms with Crippen molar-refractivity contribution in [1.82, 2.24) is 4.98 Å². The number of anilines is 2. The fourth-order valence-corrected chi connectivity index (χ4v) is 1.54. The fraction of sp³-hybridized carbons (Fsp3) is 0.143. The largest absolute Gasteiger partial charge is 0.478 e. The van der Waals surface area contributed by atoms with Gasteiger partial charge in [-0.15, -0.1) is 0 Å². The molecule has 0 aliphatic carbocycles. The summed E-state index contributed by atoms with van der Waals surface area (Å²) in [6, 6.07) is 9.63. The summed E-state index contributed by atoms with van der Waals surface area (Å²) >= 11 is 0. The van der Waals surface area contributed by atoms with Crippen LogP contribution in [0.4, 0.5) is 15.8 Å². The monoisotopic (exact) mass is 257 g/mol. The maximum absolute atomic E-state index is 13.4. The van der Waals surface area contributed by atoms with Crippen molar-refractivity contribution in [3.63, 3.8) is 0 Å². The molecule has 0 radical (unpaired) electrons. The summed E-state index contributed by atoms with van der Waals surface area (Å²) in [7, 11) is 0. The Kier molecular flexibility index (Phi) is 3.94. The van der Waals surface area contributed by atoms with E-state index in [1.807, 2.05) is 6.92 Å². The number of aromatic nitrogens is 1. The number of hydrogen-bond donors (Lipinski definition) is 1. The highest BCUT2D eigenvalue weighted by Gasteiger charge is 2.03. The Morgan fingerprint density at radius 1 is 1.32 bits per heavy atom. The highest BCUT2D eigenvalue weighted by Crippen LogP contribution is 2.20. The minimum atomic E-state index is -0.550.